The predicted octanol–water partition coefficient (Wildman–Crippen LogP) is 2.79. The van der Waals surface area contributed by atoms with Gasteiger partial charge in [-0.3, -0.25) is 9.59 Å². The second-order valence-electron chi connectivity index (χ2n) is 6.48. The molecule has 26 heavy (non-hydrogen) atoms. The largest absolute Gasteiger partial charge is 0.354 e. The van der Waals surface area contributed by atoms with Gasteiger partial charge in [0.1, 0.15) is 10.9 Å². The van der Waals surface area contributed by atoms with Crippen LogP contribution in [0.5, 0.6) is 0 Å². The third-order valence-corrected chi connectivity index (χ3v) is 5.72. The van der Waals surface area contributed by atoms with Crippen LogP contribution in [0.1, 0.15) is 34.6 Å². The highest BCUT2D eigenvalue weighted by Gasteiger charge is 2.24. The molecule has 0 bridgehead atoms. The maximum absolute atomic E-state index is 12.7. The first-order valence-electron chi connectivity index (χ1n) is 8.76. The molecule has 134 valence electrons. The minimum atomic E-state index is -0.457. The summed E-state index contributed by atoms with van der Waals surface area (Å²) in [6.07, 6.45) is 2.56. The SMILES string of the molecule is Cc1nn(-c2ccccc2)c2sc(C(=O)N[C@@H]3CCCCNC3=O)cc12. The molecule has 2 amide bonds. The van der Waals surface area contributed by atoms with Crippen molar-refractivity contribution in [2.45, 2.75) is 32.2 Å². The van der Waals surface area contributed by atoms with Gasteiger partial charge in [0, 0.05) is 11.9 Å². The van der Waals surface area contributed by atoms with E-state index in [1.165, 1.54) is 11.3 Å². The van der Waals surface area contributed by atoms with Crippen molar-refractivity contribution in [3.05, 3.63) is 47.0 Å². The normalized spacial score (nSPS) is 17.7. The van der Waals surface area contributed by atoms with Gasteiger partial charge >= 0.3 is 0 Å². The van der Waals surface area contributed by atoms with Gasteiger partial charge in [0.2, 0.25) is 5.91 Å². The van der Waals surface area contributed by atoms with Crippen LogP contribution in [0.25, 0.3) is 15.9 Å². The first-order chi connectivity index (χ1) is 12.6. The van der Waals surface area contributed by atoms with Gasteiger partial charge < -0.3 is 10.6 Å². The Kier molecular flexibility index (Phi) is 4.46. The van der Waals surface area contributed by atoms with E-state index in [0.29, 0.717) is 17.8 Å². The van der Waals surface area contributed by atoms with E-state index in [9.17, 15) is 9.59 Å². The number of nitrogens with one attached hydrogen (secondary N) is 2. The predicted molar refractivity (Wildman–Crippen MR) is 102 cm³/mol. The van der Waals surface area contributed by atoms with E-state index in [1.807, 2.05) is 48.0 Å². The number of aryl methyl sites for hydroxylation is 1. The molecule has 1 fully saturated rings. The molecule has 0 aliphatic carbocycles. The summed E-state index contributed by atoms with van der Waals surface area (Å²) >= 11 is 1.40. The summed E-state index contributed by atoms with van der Waals surface area (Å²) in [6, 6.07) is 11.3. The highest BCUT2D eigenvalue weighted by molar-refractivity contribution is 7.20. The lowest BCUT2D eigenvalue weighted by Gasteiger charge is -2.14. The van der Waals surface area contributed by atoms with Gasteiger partial charge in [0.25, 0.3) is 5.91 Å². The molecule has 0 saturated carbocycles. The molecule has 4 rings (SSSR count). The number of hydrogen-bond acceptors (Lipinski definition) is 4. The van der Waals surface area contributed by atoms with Crippen molar-refractivity contribution < 1.29 is 9.59 Å². The number of nitrogens with zero attached hydrogens (tertiary/aromatic N) is 2. The van der Waals surface area contributed by atoms with Crippen LogP contribution in [0, 0.1) is 6.92 Å². The molecule has 1 aliphatic heterocycles. The number of para-hydroxylation sites is 1. The molecule has 2 N–H and O–H groups in total. The molecule has 0 unspecified atom stereocenters. The Morgan fingerprint density at radius 2 is 2.12 bits per heavy atom. The third kappa shape index (κ3) is 3.10. The van der Waals surface area contributed by atoms with E-state index >= 15 is 0 Å². The molecule has 0 spiro atoms. The monoisotopic (exact) mass is 368 g/mol. The Morgan fingerprint density at radius 3 is 2.92 bits per heavy atom. The maximum atomic E-state index is 12.7. The van der Waals surface area contributed by atoms with Gasteiger partial charge in [-0.05, 0) is 44.4 Å². The summed E-state index contributed by atoms with van der Waals surface area (Å²) < 4.78 is 1.87. The molecule has 1 saturated heterocycles. The van der Waals surface area contributed by atoms with Gasteiger partial charge in [0.15, 0.2) is 0 Å². The zero-order valence-electron chi connectivity index (χ0n) is 14.5. The molecule has 1 atom stereocenters. The fourth-order valence-electron chi connectivity index (χ4n) is 3.21. The molecule has 1 aromatic carbocycles. The van der Waals surface area contributed by atoms with E-state index in [1.54, 1.807) is 0 Å². The Labute approximate surface area is 155 Å². The highest BCUT2D eigenvalue weighted by atomic mass is 32.1. The van der Waals surface area contributed by atoms with E-state index in [-0.39, 0.29) is 11.8 Å². The van der Waals surface area contributed by atoms with Crippen molar-refractivity contribution in [1.82, 2.24) is 20.4 Å². The van der Waals surface area contributed by atoms with Crippen molar-refractivity contribution in [3.8, 4) is 5.69 Å². The van der Waals surface area contributed by atoms with E-state index in [0.717, 1.165) is 34.4 Å². The summed E-state index contributed by atoms with van der Waals surface area (Å²) in [7, 11) is 0. The van der Waals surface area contributed by atoms with E-state index in [4.69, 9.17) is 0 Å². The molecule has 7 heteroatoms. The minimum Gasteiger partial charge on any atom is -0.354 e. The van der Waals surface area contributed by atoms with Gasteiger partial charge in [-0.2, -0.15) is 5.10 Å². The number of hydrogen-bond donors (Lipinski definition) is 2. The van der Waals surface area contributed by atoms with Crippen LogP contribution in [-0.4, -0.2) is 34.2 Å². The van der Waals surface area contributed by atoms with Gasteiger partial charge in [-0.25, -0.2) is 4.68 Å². The average molecular weight is 368 g/mol. The van der Waals surface area contributed by atoms with Crippen LogP contribution < -0.4 is 10.6 Å². The van der Waals surface area contributed by atoms with Gasteiger partial charge in [-0.1, -0.05) is 18.2 Å². The summed E-state index contributed by atoms with van der Waals surface area (Å²) in [5.74, 6) is -0.295. The number of fused-ring (bicyclic) bond motifs is 1. The zero-order chi connectivity index (χ0) is 18.1. The first kappa shape index (κ1) is 16.8. The van der Waals surface area contributed by atoms with E-state index < -0.39 is 6.04 Å². The number of carbonyl (C=O) groups excluding carboxylic acids is 2. The fraction of sp³-hybridized carbons (Fsp3) is 0.316. The van der Waals surface area contributed by atoms with Crippen molar-refractivity contribution in [1.29, 1.82) is 0 Å². The Bertz CT molecular complexity index is 961. The van der Waals surface area contributed by atoms with Crippen LogP contribution in [0.3, 0.4) is 0 Å². The summed E-state index contributed by atoms with van der Waals surface area (Å²) in [4.78, 5) is 26.3. The molecule has 1 aliphatic rings. The number of thiophene rings is 1. The molecule has 6 nitrogen and oxygen atoms in total. The number of benzene rings is 1. The first-order valence-corrected chi connectivity index (χ1v) is 9.58. The van der Waals surface area contributed by atoms with Crippen molar-refractivity contribution in [2.75, 3.05) is 6.54 Å². The van der Waals surface area contributed by atoms with Crippen molar-refractivity contribution in [2.24, 2.45) is 0 Å². The third-order valence-electron chi connectivity index (χ3n) is 4.61. The second kappa shape index (κ2) is 6.92. The summed E-state index contributed by atoms with van der Waals surface area (Å²) in [6.45, 7) is 2.62. The average Bonchev–Trinajstić information content (AvgIpc) is 3.15. The van der Waals surface area contributed by atoms with E-state index in [2.05, 4.69) is 15.7 Å². The quantitative estimate of drug-likeness (QED) is 0.746. The van der Waals surface area contributed by atoms with Crippen LogP contribution in [0.15, 0.2) is 36.4 Å². The Hall–Kier alpha value is -2.67. The van der Waals surface area contributed by atoms with Crippen LogP contribution >= 0.6 is 11.3 Å². The summed E-state index contributed by atoms with van der Waals surface area (Å²) in [5.41, 5.74) is 1.84. The lowest BCUT2D eigenvalue weighted by Crippen LogP contribution is -2.45. The maximum Gasteiger partial charge on any atom is 0.262 e. The topological polar surface area (TPSA) is 76.0 Å². The smallest absolute Gasteiger partial charge is 0.262 e. The second-order valence-corrected chi connectivity index (χ2v) is 7.51. The molecule has 0 radical (unpaired) electrons. The van der Waals surface area contributed by atoms with Crippen LogP contribution in [0.4, 0.5) is 0 Å². The van der Waals surface area contributed by atoms with Crippen LogP contribution in [-0.2, 0) is 4.79 Å². The highest BCUT2D eigenvalue weighted by Crippen LogP contribution is 2.30. The number of aromatic nitrogens is 2. The standard InChI is InChI=1S/C19H20N4O2S/c1-12-14-11-16(18(25)21-15-9-5-6-10-20-17(15)24)26-19(14)23(22-12)13-7-3-2-4-8-13/h2-4,7-8,11,15H,5-6,9-10H2,1H3,(H,20,24)(H,21,25)/t15-/m1/s1. The lowest BCUT2D eigenvalue weighted by atomic mass is 10.1. The molecule has 3 heterocycles. The van der Waals surface area contributed by atoms with Crippen molar-refractivity contribution in [3.63, 3.8) is 0 Å². The van der Waals surface area contributed by atoms with Crippen LogP contribution in [0.2, 0.25) is 0 Å². The lowest BCUT2D eigenvalue weighted by molar-refractivity contribution is -0.122. The van der Waals surface area contributed by atoms with Gasteiger partial charge in [-0.15, -0.1) is 11.3 Å². The molecular formula is C19H20N4O2S. The molecule has 2 aromatic heterocycles. The molecule has 3 aromatic rings. The number of carbonyl (C=O) groups is 2. The van der Waals surface area contributed by atoms with Gasteiger partial charge in [0.05, 0.1) is 16.3 Å². The number of amides is 2. The molecular weight excluding hydrogens is 348 g/mol. The number of rotatable bonds is 3. The van der Waals surface area contributed by atoms with Crippen molar-refractivity contribution >= 4 is 33.4 Å². The summed E-state index contributed by atoms with van der Waals surface area (Å²) in [5, 5.41) is 11.3. The Morgan fingerprint density at radius 1 is 1.31 bits per heavy atom. The fourth-order valence-corrected chi connectivity index (χ4v) is 4.30. The zero-order valence-corrected chi connectivity index (χ0v) is 15.3. The minimum absolute atomic E-state index is 0.0939. The Balaban J connectivity index is 1.63.